The predicted molar refractivity (Wildman–Crippen MR) is 110 cm³/mol. The molecule has 0 saturated heterocycles. The second-order valence-corrected chi connectivity index (χ2v) is 8.20. The Kier molecular flexibility index (Phi) is 4.69. The lowest BCUT2D eigenvalue weighted by Gasteiger charge is -2.27. The monoisotopic (exact) mass is 415 g/mol. The van der Waals surface area contributed by atoms with Crippen molar-refractivity contribution in [2.75, 3.05) is 24.7 Å². The van der Waals surface area contributed by atoms with Crippen LogP contribution in [0.3, 0.4) is 0 Å². The zero-order valence-electron chi connectivity index (χ0n) is 16.1. The number of sulfonamides is 1. The molecule has 1 atom stereocenters. The molecule has 0 radical (unpaired) electrons. The molecule has 0 bridgehead atoms. The van der Waals surface area contributed by atoms with Gasteiger partial charge in [-0.1, -0.05) is 12.1 Å². The van der Waals surface area contributed by atoms with Gasteiger partial charge in [0.15, 0.2) is 11.5 Å². The molecule has 29 heavy (non-hydrogen) atoms. The summed E-state index contributed by atoms with van der Waals surface area (Å²) in [7, 11) is -0.561. The van der Waals surface area contributed by atoms with Gasteiger partial charge in [-0.05, 0) is 30.7 Å². The molecule has 0 fully saturated rings. The summed E-state index contributed by atoms with van der Waals surface area (Å²) in [5, 5.41) is 8.03. The van der Waals surface area contributed by atoms with E-state index in [0.717, 1.165) is 27.8 Å². The summed E-state index contributed by atoms with van der Waals surface area (Å²) in [5.74, 6) is 1.21. The Balaban J connectivity index is 1.78. The highest BCUT2D eigenvalue weighted by molar-refractivity contribution is 7.89. The number of primary sulfonamides is 1. The summed E-state index contributed by atoms with van der Waals surface area (Å²) in [5.41, 5.74) is 9.66. The van der Waals surface area contributed by atoms with E-state index in [2.05, 4.69) is 15.9 Å². The predicted octanol–water partition coefficient (Wildman–Crippen LogP) is 2.31. The largest absolute Gasteiger partial charge is 0.493 e. The molecule has 1 aliphatic heterocycles. The number of rotatable bonds is 5. The summed E-state index contributed by atoms with van der Waals surface area (Å²) in [6.45, 7) is 2.00. The second-order valence-electron chi connectivity index (χ2n) is 6.64. The molecule has 0 saturated carbocycles. The first kappa shape index (κ1) is 19.2. The first-order valence-electron chi connectivity index (χ1n) is 8.82. The van der Waals surface area contributed by atoms with Crippen molar-refractivity contribution >= 4 is 32.3 Å². The lowest BCUT2D eigenvalue weighted by atomic mass is 10.1. The van der Waals surface area contributed by atoms with E-state index in [4.69, 9.17) is 14.6 Å². The number of hydrogen-bond donors (Lipinski definition) is 3. The Labute approximate surface area is 168 Å². The van der Waals surface area contributed by atoms with Gasteiger partial charge in [0.05, 0.1) is 48.2 Å². The van der Waals surface area contributed by atoms with Crippen LogP contribution < -0.4 is 30.6 Å². The number of anilines is 2. The molecule has 0 spiro atoms. The second kappa shape index (κ2) is 7.07. The Morgan fingerprint density at radius 1 is 1.10 bits per heavy atom. The maximum Gasteiger partial charge on any atom is 0.238 e. The van der Waals surface area contributed by atoms with Crippen molar-refractivity contribution < 1.29 is 17.9 Å². The van der Waals surface area contributed by atoms with Crippen LogP contribution >= 0.6 is 0 Å². The van der Waals surface area contributed by atoms with Crippen LogP contribution in [0.1, 0.15) is 18.5 Å². The number of aromatic nitrogens is 1. The summed E-state index contributed by atoms with van der Waals surface area (Å²) < 4.78 is 33.8. The van der Waals surface area contributed by atoms with E-state index in [1.54, 1.807) is 32.5 Å². The maximum absolute atomic E-state index is 11.5. The molecule has 0 amide bonds. The lowest BCUT2D eigenvalue weighted by Crippen LogP contribution is -2.38. The van der Waals surface area contributed by atoms with E-state index in [-0.39, 0.29) is 10.9 Å². The Hall–Kier alpha value is -3.08. The van der Waals surface area contributed by atoms with Crippen LogP contribution in [-0.2, 0) is 10.0 Å². The fourth-order valence-electron chi connectivity index (χ4n) is 3.41. The fraction of sp³-hybridized carbons (Fsp3) is 0.211. The molecular formula is C19H21N5O4S. The van der Waals surface area contributed by atoms with Gasteiger partial charge in [-0.15, -0.1) is 5.53 Å². The average molecular weight is 415 g/mol. The smallest absolute Gasteiger partial charge is 0.238 e. The summed E-state index contributed by atoms with van der Waals surface area (Å²) in [4.78, 5) is 4.57. The van der Waals surface area contributed by atoms with E-state index in [1.165, 1.54) is 12.1 Å². The van der Waals surface area contributed by atoms with Gasteiger partial charge in [0.1, 0.15) is 0 Å². The van der Waals surface area contributed by atoms with Crippen LogP contribution in [0.5, 0.6) is 11.5 Å². The van der Waals surface area contributed by atoms with Crippen LogP contribution in [-0.4, -0.2) is 27.6 Å². The molecule has 9 nitrogen and oxygen atoms in total. The molecule has 1 unspecified atom stereocenters. The van der Waals surface area contributed by atoms with Crippen LogP contribution in [0.4, 0.5) is 11.4 Å². The molecule has 4 N–H and O–H groups in total. The van der Waals surface area contributed by atoms with E-state index < -0.39 is 10.0 Å². The highest BCUT2D eigenvalue weighted by atomic mass is 32.2. The molecule has 4 rings (SSSR count). The van der Waals surface area contributed by atoms with Crippen molar-refractivity contribution in [2.45, 2.75) is 17.9 Å². The van der Waals surface area contributed by atoms with Crippen molar-refractivity contribution in [1.29, 1.82) is 0 Å². The molecule has 2 heterocycles. The third-order valence-electron chi connectivity index (χ3n) is 4.98. The molecule has 1 aliphatic rings. The van der Waals surface area contributed by atoms with Gasteiger partial charge < -0.3 is 14.9 Å². The number of hydrogen-bond acceptors (Lipinski definition) is 8. The normalized spacial score (nSPS) is 14.4. The molecule has 0 aliphatic carbocycles. The van der Waals surface area contributed by atoms with Gasteiger partial charge in [0, 0.05) is 11.5 Å². The fourth-order valence-corrected chi connectivity index (χ4v) is 3.92. The maximum atomic E-state index is 11.5. The number of ether oxygens (including phenoxy) is 2. The number of nitrogens with one attached hydrogen (secondary N) is 2. The first-order chi connectivity index (χ1) is 13.8. The van der Waals surface area contributed by atoms with Crippen LogP contribution in [0.25, 0.3) is 10.9 Å². The van der Waals surface area contributed by atoms with Crippen LogP contribution in [0.2, 0.25) is 0 Å². The Morgan fingerprint density at radius 3 is 2.38 bits per heavy atom. The zero-order valence-corrected chi connectivity index (χ0v) is 16.9. The molecule has 10 heteroatoms. The summed E-state index contributed by atoms with van der Waals surface area (Å²) >= 11 is 0. The number of methoxy groups -OCH3 is 2. The average Bonchev–Trinajstić information content (AvgIpc) is 3.16. The lowest BCUT2D eigenvalue weighted by molar-refractivity contribution is 0.356. The van der Waals surface area contributed by atoms with Crippen molar-refractivity contribution in [2.24, 2.45) is 5.14 Å². The van der Waals surface area contributed by atoms with Crippen molar-refractivity contribution in [3.63, 3.8) is 0 Å². The molecular weight excluding hydrogens is 394 g/mol. The number of benzene rings is 2. The molecule has 152 valence electrons. The number of fused-ring (bicyclic) bond motifs is 3. The quantitative estimate of drug-likeness (QED) is 0.581. The highest BCUT2D eigenvalue weighted by Crippen LogP contribution is 2.43. The minimum absolute atomic E-state index is 0.0767. The Bertz CT molecular complexity index is 1180. The zero-order chi connectivity index (χ0) is 20.8. The van der Waals surface area contributed by atoms with Crippen LogP contribution in [0, 0.1) is 0 Å². The third-order valence-corrected chi connectivity index (χ3v) is 5.90. The van der Waals surface area contributed by atoms with E-state index in [0.29, 0.717) is 11.5 Å². The van der Waals surface area contributed by atoms with Gasteiger partial charge in [-0.25, -0.2) is 13.6 Å². The first-order valence-corrected chi connectivity index (χ1v) is 10.4. The third kappa shape index (κ3) is 3.31. The standard InChI is InChI=1S/C19H21N5O4S/c1-11(12-4-6-13(7-5-12)29(20,25)26)24-19-14-8-17(27-2)18(28-3)9-15(14)21-10-16(19)22-23-24/h4-11,22-23H,1-3H3,(H2,20,25,26). The number of pyridine rings is 1. The van der Waals surface area contributed by atoms with E-state index >= 15 is 0 Å². The minimum atomic E-state index is -3.73. The summed E-state index contributed by atoms with van der Waals surface area (Å²) in [6, 6.07) is 10.1. The van der Waals surface area contributed by atoms with Gasteiger partial charge in [-0.2, -0.15) is 0 Å². The van der Waals surface area contributed by atoms with Crippen molar-refractivity contribution in [3.8, 4) is 11.5 Å². The molecule has 2 aromatic carbocycles. The van der Waals surface area contributed by atoms with Gasteiger partial charge >= 0.3 is 0 Å². The Morgan fingerprint density at radius 2 is 1.76 bits per heavy atom. The molecule has 1 aromatic heterocycles. The van der Waals surface area contributed by atoms with E-state index in [1.807, 2.05) is 24.1 Å². The minimum Gasteiger partial charge on any atom is -0.493 e. The molecule has 3 aromatic rings. The highest BCUT2D eigenvalue weighted by Gasteiger charge is 2.28. The van der Waals surface area contributed by atoms with Gasteiger partial charge in [0.25, 0.3) is 0 Å². The van der Waals surface area contributed by atoms with Crippen LogP contribution in [0.15, 0.2) is 47.5 Å². The topological polar surface area (TPSA) is 119 Å². The van der Waals surface area contributed by atoms with Gasteiger partial charge in [0.2, 0.25) is 10.0 Å². The van der Waals surface area contributed by atoms with Crippen molar-refractivity contribution in [3.05, 3.63) is 48.2 Å². The van der Waals surface area contributed by atoms with Crippen molar-refractivity contribution in [1.82, 2.24) is 10.5 Å². The van der Waals surface area contributed by atoms with Gasteiger partial charge in [-0.3, -0.25) is 9.99 Å². The van der Waals surface area contributed by atoms with E-state index in [9.17, 15) is 8.42 Å². The SMILES string of the molecule is COc1cc2ncc3c(c2cc1OC)N(C(C)c1ccc(S(N)(=O)=O)cc1)NN3. The summed E-state index contributed by atoms with van der Waals surface area (Å²) in [6.07, 6.45) is 1.74. The number of nitrogens with zero attached hydrogens (tertiary/aromatic N) is 2. The number of hydrazine groups is 2. The number of nitrogens with two attached hydrogens (primary N) is 1.